The van der Waals surface area contributed by atoms with Gasteiger partial charge in [0.2, 0.25) is 0 Å². The van der Waals surface area contributed by atoms with Gasteiger partial charge in [-0.25, -0.2) is 9.37 Å². The zero-order valence-corrected chi connectivity index (χ0v) is 14.9. The van der Waals surface area contributed by atoms with Crippen molar-refractivity contribution in [1.82, 2.24) is 4.98 Å². The van der Waals surface area contributed by atoms with Gasteiger partial charge in [0.1, 0.15) is 17.4 Å². The predicted octanol–water partition coefficient (Wildman–Crippen LogP) is 4.14. The molecule has 0 saturated carbocycles. The molecule has 0 fully saturated rings. The third kappa shape index (κ3) is 5.04. The van der Waals surface area contributed by atoms with E-state index in [1.54, 1.807) is 25.4 Å². The normalized spacial score (nSPS) is 10.3. The fourth-order valence-electron chi connectivity index (χ4n) is 2.64. The van der Waals surface area contributed by atoms with Crippen molar-refractivity contribution >= 4 is 17.4 Å². The molecule has 0 aliphatic rings. The Hall–Kier alpha value is -3.41. The minimum absolute atomic E-state index is 0.281. The van der Waals surface area contributed by atoms with Gasteiger partial charge in [-0.2, -0.15) is 0 Å². The van der Waals surface area contributed by atoms with E-state index < -0.39 is 0 Å². The van der Waals surface area contributed by atoms with Crippen molar-refractivity contribution in [3.63, 3.8) is 0 Å². The van der Waals surface area contributed by atoms with Crippen LogP contribution in [0, 0.1) is 5.82 Å². The Morgan fingerprint density at radius 2 is 1.89 bits per heavy atom. The largest absolute Gasteiger partial charge is 0.496 e. The van der Waals surface area contributed by atoms with Gasteiger partial charge in [0.15, 0.2) is 0 Å². The molecular formula is C21H20FN3O2. The summed E-state index contributed by atoms with van der Waals surface area (Å²) in [6.45, 7) is 0.649. The molecule has 0 saturated heterocycles. The van der Waals surface area contributed by atoms with Crippen molar-refractivity contribution in [2.24, 2.45) is 0 Å². The van der Waals surface area contributed by atoms with Gasteiger partial charge in [0.05, 0.1) is 7.11 Å². The highest BCUT2D eigenvalue weighted by Crippen LogP contribution is 2.18. The van der Waals surface area contributed by atoms with E-state index in [2.05, 4.69) is 15.6 Å². The molecule has 0 unspecified atom stereocenters. The van der Waals surface area contributed by atoms with Crippen LogP contribution in [0.4, 0.5) is 15.9 Å². The first-order valence-electron chi connectivity index (χ1n) is 8.54. The molecular weight excluding hydrogens is 345 g/mol. The van der Waals surface area contributed by atoms with Crippen LogP contribution in [0.3, 0.4) is 0 Å². The summed E-state index contributed by atoms with van der Waals surface area (Å²) >= 11 is 0. The quantitative estimate of drug-likeness (QED) is 0.661. The SMILES string of the molecule is COc1ccccc1CCNc1cc(C(=O)Nc2ccc(F)cc2)ccn1. The molecule has 5 nitrogen and oxygen atoms in total. The minimum Gasteiger partial charge on any atom is -0.496 e. The molecule has 3 aromatic rings. The third-order valence-electron chi connectivity index (χ3n) is 4.02. The molecule has 1 heterocycles. The molecule has 0 spiro atoms. The number of aromatic nitrogens is 1. The summed E-state index contributed by atoms with van der Waals surface area (Å²) in [6.07, 6.45) is 2.34. The van der Waals surface area contributed by atoms with Crippen LogP contribution >= 0.6 is 0 Å². The Balaban J connectivity index is 1.59. The molecule has 0 radical (unpaired) electrons. The molecule has 138 valence electrons. The molecule has 0 aliphatic carbocycles. The summed E-state index contributed by atoms with van der Waals surface area (Å²) in [5, 5.41) is 5.95. The Kier molecular flexibility index (Phi) is 5.99. The van der Waals surface area contributed by atoms with E-state index in [9.17, 15) is 9.18 Å². The number of ether oxygens (including phenoxy) is 1. The second-order valence-corrected chi connectivity index (χ2v) is 5.88. The number of nitrogens with zero attached hydrogens (tertiary/aromatic N) is 1. The lowest BCUT2D eigenvalue weighted by Crippen LogP contribution is -2.13. The van der Waals surface area contributed by atoms with Crippen LogP contribution in [0.15, 0.2) is 66.9 Å². The summed E-state index contributed by atoms with van der Waals surface area (Å²) in [5.41, 5.74) is 2.09. The Labute approximate surface area is 157 Å². The number of hydrogen-bond donors (Lipinski definition) is 2. The lowest BCUT2D eigenvalue weighted by molar-refractivity contribution is 0.102. The number of amides is 1. The summed E-state index contributed by atoms with van der Waals surface area (Å²) in [7, 11) is 1.65. The highest BCUT2D eigenvalue weighted by molar-refractivity contribution is 6.04. The number of methoxy groups -OCH3 is 1. The topological polar surface area (TPSA) is 63.2 Å². The number of benzene rings is 2. The zero-order valence-electron chi connectivity index (χ0n) is 14.9. The van der Waals surface area contributed by atoms with Crippen LogP contribution < -0.4 is 15.4 Å². The molecule has 0 aliphatic heterocycles. The summed E-state index contributed by atoms with van der Waals surface area (Å²) in [5.74, 6) is 0.826. The molecule has 1 aromatic heterocycles. The lowest BCUT2D eigenvalue weighted by atomic mass is 10.1. The van der Waals surface area contributed by atoms with Gasteiger partial charge >= 0.3 is 0 Å². The zero-order chi connectivity index (χ0) is 19.1. The van der Waals surface area contributed by atoms with E-state index in [1.165, 1.54) is 24.3 Å². The molecule has 0 atom stereocenters. The van der Waals surface area contributed by atoms with Crippen molar-refractivity contribution in [1.29, 1.82) is 0 Å². The number of carbonyl (C=O) groups is 1. The smallest absolute Gasteiger partial charge is 0.255 e. The van der Waals surface area contributed by atoms with Crippen LogP contribution in [0.25, 0.3) is 0 Å². The average Bonchev–Trinajstić information content (AvgIpc) is 2.70. The monoisotopic (exact) mass is 365 g/mol. The molecule has 0 bridgehead atoms. The molecule has 27 heavy (non-hydrogen) atoms. The van der Waals surface area contributed by atoms with Crippen LogP contribution in [0.1, 0.15) is 15.9 Å². The Morgan fingerprint density at radius 3 is 2.67 bits per heavy atom. The summed E-state index contributed by atoms with van der Waals surface area (Å²) < 4.78 is 18.3. The lowest BCUT2D eigenvalue weighted by Gasteiger charge is -2.10. The fraction of sp³-hybridized carbons (Fsp3) is 0.143. The van der Waals surface area contributed by atoms with E-state index in [4.69, 9.17) is 4.74 Å². The van der Waals surface area contributed by atoms with E-state index in [0.717, 1.165) is 17.7 Å². The van der Waals surface area contributed by atoms with Gasteiger partial charge in [-0.1, -0.05) is 18.2 Å². The summed E-state index contributed by atoms with van der Waals surface area (Å²) in [6, 6.07) is 16.8. The maximum Gasteiger partial charge on any atom is 0.255 e. The second-order valence-electron chi connectivity index (χ2n) is 5.88. The highest BCUT2D eigenvalue weighted by Gasteiger charge is 2.08. The van der Waals surface area contributed by atoms with Crippen LogP contribution in [-0.4, -0.2) is 24.5 Å². The molecule has 2 N–H and O–H groups in total. The van der Waals surface area contributed by atoms with E-state index in [1.807, 2.05) is 24.3 Å². The van der Waals surface area contributed by atoms with E-state index >= 15 is 0 Å². The van der Waals surface area contributed by atoms with Gasteiger partial charge in [-0.3, -0.25) is 4.79 Å². The standard InChI is InChI=1S/C21H20FN3O2/c1-27-19-5-3-2-4-15(19)10-12-23-20-14-16(11-13-24-20)21(26)25-18-8-6-17(22)7-9-18/h2-9,11,13-14H,10,12H2,1H3,(H,23,24)(H,25,26). The third-order valence-corrected chi connectivity index (χ3v) is 4.02. The number of anilines is 2. The number of pyridine rings is 1. The van der Waals surface area contributed by atoms with Gasteiger partial charge in [0, 0.05) is 24.0 Å². The maximum absolute atomic E-state index is 13.0. The van der Waals surface area contributed by atoms with Gasteiger partial charge in [0.25, 0.3) is 5.91 Å². The number of rotatable bonds is 7. The number of carbonyl (C=O) groups excluding carboxylic acids is 1. The van der Waals surface area contributed by atoms with Crippen LogP contribution in [0.2, 0.25) is 0 Å². The minimum atomic E-state index is -0.349. The molecule has 3 rings (SSSR count). The molecule has 2 aromatic carbocycles. The van der Waals surface area contributed by atoms with Gasteiger partial charge in [-0.15, -0.1) is 0 Å². The Bertz CT molecular complexity index is 913. The number of hydrogen-bond acceptors (Lipinski definition) is 4. The first kappa shape index (κ1) is 18.4. The number of nitrogens with one attached hydrogen (secondary N) is 2. The number of halogens is 1. The fourth-order valence-corrected chi connectivity index (χ4v) is 2.64. The predicted molar refractivity (Wildman–Crippen MR) is 104 cm³/mol. The number of para-hydroxylation sites is 1. The second kappa shape index (κ2) is 8.80. The van der Waals surface area contributed by atoms with Crippen LogP contribution in [0.5, 0.6) is 5.75 Å². The van der Waals surface area contributed by atoms with Crippen molar-refractivity contribution in [3.8, 4) is 5.75 Å². The summed E-state index contributed by atoms with van der Waals surface area (Å²) in [4.78, 5) is 16.6. The first-order chi connectivity index (χ1) is 13.2. The molecule has 6 heteroatoms. The van der Waals surface area contributed by atoms with Gasteiger partial charge < -0.3 is 15.4 Å². The van der Waals surface area contributed by atoms with Crippen LogP contribution in [-0.2, 0) is 6.42 Å². The highest BCUT2D eigenvalue weighted by atomic mass is 19.1. The van der Waals surface area contributed by atoms with Crippen molar-refractivity contribution in [2.45, 2.75) is 6.42 Å². The van der Waals surface area contributed by atoms with Gasteiger partial charge in [-0.05, 0) is 54.4 Å². The van der Waals surface area contributed by atoms with Crippen molar-refractivity contribution in [2.75, 3.05) is 24.3 Å². The van der Waals surface area contributed by atoms with E-state index in [-0.39, 0.29) is 11.7 Å². The van der Waals surface area contributed by atoms with Crippen molar-refractivity contribution < 1.29 is 13.9 Å². The molecule has 1 amide bonds. The van der Waals surface area contributed by atoms with E-state index in [0.29, 0.717) is 23.6 Å². The first-order valence-corrected chi connectivity index (χ1v) is 8.54. The maximum atomic E-state index is 13.0. The Morgan fingerprint density at radius 1 is 1.11 bits per heavy atom. The average molecular weight is 365 g/mol. The van der Waals surface area contributed by atoms with Crippen molar-refractivity contribution in [3.05, 3.63) is 83.8 Å².